The summed E-state index contributed by atoms with van der Waals surface area (Å²) in [5.74, 6) is 2.23. The number of hydrogen-bond acceptors (Lipinski definition) is 4. The molecule has 1 aromatic rings. The minimum atomic E-state index is 1.12. The molecule has 0 N–H and O–H groups in total. The lowest BCUT2D eigenvalue weighted by atomic mass is 10.1. The summed E-state index contributed by atoms with van der Waals surface area (Å²) in [6, 6.07) is 2.18. The molecular formula is C14H22N4. The summed E-state index contributed by atoms with van der Waals surface area (Å²) >= 11 is 0. The molecule has 0 aliphatic carbocycles. The molecule has 98 valence electrons. The van der Waals surface area contributed by atoms with Gasteiger partial charge in [0.2, 0.25) is 0 Å². The Morgan fingerprint density at radius 1 is 0.667 bits per heavy atom. The van der Waals surface area contributed by atoms with Crippen molar-refractivity contribution in [2.24, 2.45) is 0 Å². The highest BCUT2D eigenvalue weighted by molar-refractivity contribution is 5.50. The zero-order valence-corrected chi connectivity index (χ0v) is 11.0. The van der Waals surface area contributed by atoms with Crippen molar-refractivity contribution in [2.45, 2.75) is 38.5 Å². The van der Waals surface area contributed by atoms with E-state index in [0.29, 0.717) is 0 Å². The Bertz CT molecular complexity index is 348. The van der Waals surface area contributed by atoms with Crippen LogP contribution in [0.4, 0.5) is 11.6 Å². The molecule has 0 unspecified atom stereocenters. The van der Waals surface area contributed by atoms with Gasteiger partial charge in [0.05, 0.1) is 0 Å². The second kappa shape index (κ2) is 5.55. The van der Waals surface area contributed by atoms with E-state index in [4.69, 9.17) is 0 Å². The molecular weight excluding hydrogens is 224 g/mol. The van der Waals surface area contributed by atoms with Crippen LogP contribution in [0.25, 0.3) is 0 Å². The highest BCUT2D eigenvalue weighted by Crippen LogP contribution is 2.23. The molecule has 0 bridgehead atoms. The predicted molar refractivity (Wildman–Crippen MR) is 74.2 cm³/mol. The van der Waals surface area contributed by atoms with Crippen LogP contribution in [0.3, 0.4) is 0 Å². The first-order valence-electron chi connectivity index (χ1n) is 7.25. The molecule has 0 spiro atoms. The highest BCUT2D eigenvalue weighted by Gasteiger charge is 2.16. The summed E-state index contributed by atoms with van der Waals surface area (Å²) in [5, 5.41) is 0. The van der Waals surface area contributed by atoms with Gasteiger partial charge in [0, 0.05) is 32.2 Å². The lowest BCUT2D eigenvalue weighted by Crippen LogP contribution is -2.32. The zero-order valence-electron chi connectivity index (χ0n) is 11.0. The summed E-state index contributed by atoms with van der Waals surface area (Å²) in [7, 11) is 0. The Kier molecular flexibility index (Phi) is 3.62. The average molecular weight is 246 g/mol. The molecule has 0 amide bonds. The quantitative estimate of drug-likeness (QED) is 0.802. The third-order valence-corrected chi connectivity index (χ3v) is 4.00. The van der Waals surface area contributed by atoms with E-state index in [1.54, 1.807) is 6.33 Å². The number of nitrogens with zero attached hydrogens (tertiary/aromatic N) is 4. The number of piperidine rings is 2. The maximum Gasteiger partial charge on any atom is 0.134 e. The Labute approximate surface area is 109 Å². The number of aromatic nitrogens is 2. The standard InChI is InChI=1S/C14H22N4/c1-3-7-17(8-4-1)13-11-14(16-12-15-13)18-9-5-2-6-10-18/h11-12H,1-10H2. The Hall–Kier alpha value is -1.32. The van der Waals surface area contributed by atoms with Crippen LogP contribution in [0.5, 0.6) is 0 Å². The Morgan fingerprint density at radius 3 is 1.56 bits per heavy atom. The third kappa shape index (κ3) is 2.57. The lowest BCUT2D eigenvalue weighted by Gasteiger charge is -2.30. The first kappa shape index (κ1) is 11.8. The van der Waals surface area contributed by atoms with E-state index in [9.17, 15) is 0 Å². The topological polar surface area (TPSA) is 32.3 Å². The SMILES string of the molecule is c1nc(N2CCCCC2)cc(N2CCCCC2)n1. The maximum absolute atomic E-state index is 4.45. The van der Waals surface area contributed by atoms with Gasteiger partial charge in [0.25, 0.3) is 0 Å². The first-order chi connectivity index (χ1) is 8.93. The van der Waals surface area contributed by atoms with Crippen molar-refractivity contribution in [3.63, 3.8) is 0 Å². The van der Waals surface area contributed by atoms with Crippen LogP contribution in [0, 0.1) is 0 Å². The van der Waals surface area contributed by atoms with Gasteiger partial charge in [0.15, 0.2) is 0 Å². The van der Waals surface area contributed by atoms with Crippen molar-refractivity contribution in [2.75, 3.05) is 36.0 Å². The zero-order chi connectivity index (χ0) is 12.2. The Morgan fingerprint density at radius 2 is 1.11 bits per heavy atom. The maximum atomic E-state index is 4.45. The van der Waals surface area contributed by atoms with Crippen LogP contribution in [-0.2, 0) is 0 Å². The van der Waals surface area contributed by atoms with Gasteiger partial charge >= 0.3 is 0 Å². The van der Waals surface area contributed by atoms with E-state index < -0.39 is 0 Å². The summed E-state index contributed by atoms with van der Waals surface area (Å²) in [6.07, 6.45) is 9.63. The molecule has 3 rings (SSSR count). The lowest BCUT2D eigenvalue weighted by molar-refractivity contribution is 0.566. The minimum absolute atomic E-state index is 1.12. The van der Waals surface area contributed by atoms with E-state index in [1.807, 2.05) is 0 Å². The molecule has 0 aromatic carbocycles. The molecule has 1 aromatic heterocycles. The third-order valence-electron chi connectivity index (χ3n) is 4.00. The van der Waals surface area contributed by atoms with Gasteiger partial charge in [-0.25, -0.2) is 9.97 Å². The second-order valence-electron chi connectivity index (χ2n) is 5.33. The molecule has 0 atom stereocenters. The number of anilines is 2. The first-order valence-corrected chi connectivity index (χ1v) is 7.25. The molecule has 2 aliphatic heterocycles. The molecule has 0 saturated carbocycles. The number of rotatable bonds is 2. The predicted octanol–water partition coefficient (Wildman–Crippen LogP) is 2.46. The minimum Gasteiger partial charge on any atom is -0.356 e. The van der Waals surface area contributed by atoms with Crippen molar-refractivity contribution < 1.29 is 0 Å². The van der Waals surface area contributed by atoms with E-state index in [-0.39, 0.29) is 0 Å². The van der Waals surface area contributed by atoms with Crippen molar-refractivity contribution >= 4 is 11.6 Å². The van der Waals surface area contributed by atoms with Crippen LogP contribution in [0.2, 0.25) is 0 Å². The van der Waals surface area contributed by atoms with E-state index >= 15 is 0 Å². The number of hydrogen-bond donors (Lipinski definition) is 0. The fourth-order valence-corrected chi connectivity index (χ4v) is 2.93. The van der Waals surface area contributed by atoms with Crippen LogP contribution in [0.1, 0.15) is 38.5 Å². The van der Waals surface area contributed by atoms with Gasteiger partial charge in [-0.05, 0) is 38.5 Å². The fourth-order valence-electron chi connectivity index (χ4n) is 2.93. The summed E-state index contributed by atoms with van der Waals surface area (Å²) in [6.45, 7) is 4.60. The van der Waals surface area contributed by atoms with E-state index in [0.717, 1.165) is 37.8 Å². The van der Waals surface area contributed by atoms with E-state index in [2.05, 4.69) is 25.8 Å². The summed E-state index contributed by atoms with van der Waals surface area (Å²) < 4.78 is 0. The van der Waals surface area contributed by atoms with Gasteiger partial charge in [-0.1, -0.05) is 0 Å². The van der Waals surface area contributed by atoms with Gasteiger partial charge in [-0.15, -0.1) is 0 Å². The molecule has 18 heavy (non-hydrogen) atoms. The Balaban J connectivity index is 1.75. The van der Waals surface area contributed by atoms with Crippen LogP contribution in [0.15, 0.2) is 12.4 Å². The second-order valence-corrected chi connectivity index (χ2v) is 5.33. The van der Waals surface area contributed by atoms with Crippen molar-refractivity contribution in [3.05, 3.63) is 12.4 Å². The molecule has 3 heterocycles. The summed E-state index contributed by atoms with van der Waals surface area (Å²) in [5.41, 5.74) is 0. The van der Waals surface area contributed by atoms with Crippen LogP contribution < -0.4 is 9.80 Å². The highest BCUT2D eigenvalue weighted by atomic mass is 15.2. The van der Waals surface area contributed by atoms with E-state index in [1.165, 1.54) is 38.5 Å². The molecule has 2 aliphatic rings. The molecule has 0 radical (unpaired) electrons. The van der Waals surface area contributed by atoms with Gasteiger partial charge in [-0.3, -0.25) is 0 Å². The van der Waals surface area contributed by atoms with Gasteiger partial charge < -0.3 is 9.80 Å². The normalized spacial score (nSPS) is 21.1. The van der Waals surface area contributed by atoms with Crippen LogP contribution >= 0.6 is 0 Å². The summed E-state index contributed by atoms with van der Waals surface area (Å²) in [4.78, 5) is 13.7. The molecule has 2 fully saturated rings. The van der Waals surface area contributed by atoms with Gasteiger partial charge in [-0.2, -0.15) is 0 Å². The van der Waals surface area contributed by atoms with Crippen molar-refractivity contribution in [3.8, 4) is 0 Å². The average Bonchev–Trinajstić information content (AvgIpc) is 2.49. The molecule has 4 nitrogen and oxygen atoms in total. The largest absolute Gasteiger partial charge is 0.356 e. The van der Waals surface area contributed by atoms with Gasteiger partial charge in [0.1, 0.15) is 18.0 Å². The van der Waals surface area contributed by atoms with Crippen LogP contribution in [-0.4, -0.2) is 36.1 Å². The van der Waals surface area contributed by atoms with Crippen molar-refractivity contribution in [1.82, 2.24) is 9.97 Å². The molecule has 2 saturated heterocycles. The fraction of sp³-hybridized carbons (Fsp3) is 0.714. The monoisotopic (exact) mass is 246 g/mol. The van der Waals surface area contributed by atoms with Crippen molar-refractivity contribution in [1.29, 1.82) is 0 Å². The smallest absolute Gasteiger partial charge is 0.134 e. The molecule has 4 heteroatoms.